The number of ether oxygens (including phenoxy) is 2. The molecule has 6 aromatic heterocycles. The molecule has 0 saturated heterocycles. The molecule has 17 nitrogen and oxygen atoms in total. The molecule has 17 heteroatoms. The lowest BCUT2D eigenvalue weighted by Crippen LogP contribution is -2.31. The Morgan fingerprint density at radius 2 is 1.13 bits per heavy atom. The first-order chi connectivity index (χ1) is 26.2. The molecule has 0 saturated carbocycles. The van der Waals surface area contributed by atoms with Gasteiger partial charge in [-0.1, -0.05) is 0 Å². The summed E-state index contributed by atoms with van der Waals surface area (Å²) in [5.41, 5.74) is 9.28. The number of aromatic nitrogens is 10. The topological polar surface area (TPSA) is 196 Å². The predicted octanol–water partition coefficient (Wildman–Crippen LogP) is 3.72. The fourth-order valence-electron chi connectivity index (χ4n) is 5.76. The van der Waals surface area contributed by atoms with Gasteiger partial charge in [-0.25, -0.2) is 14.2 Å². The summed E-state index contributed by atoms with van der Waals surface area (Å²) in [5, 5.41) is 18.4. The summed E-state index contributed by atoms with van der Waals surface area (Å²) in [6.07, 6.45) is 13.1. The molecule has 268 valence electrons. The maximum absolute atomic E-state index is 12.9. The van der Waals surface area contributed by atoms with Crippen LogP contribution in [0.3, 0.4) is 0 Å². The van der Waals surface area contributed by atoms with E-state index < -0.39 is 6.03 Å². The molecule has 0 aliphatic rings. The first kappa shape index (κ1) is 33.5. The summed E-state index contributed by atoms with van der Waals surface area (Å²) < 4.78 is 18.3. The molecule has 0 spiro atoms. The number of aryl methyl sites for hydroxylation is 2. The quantitative estimate of drug-likeness (QED) is 0.216. The summed E-state index contributed by atoms with van der Waals surface area (Å²) in [6, 6.07) is 16.1. The van der Waals surface area contributed by atoms with Gasteiger partial charge in [-0.2, -0.15) is 20.4 Å². The minimum Gasteiger partial charge on any atom is -0.487 e. The summed E-state index contributed by atoms with van der Waals surface area (Å²) in [4.78, 5) is 48.4. The standard InChI is InChI=1S/C37H30N12O5/c1-45-19-27(17-41-45)47-9-7-35(50)33(43-47)21-53-29-3-5-31-23(13-29)11-25(15-39-31)49(37(38)52)26-12-24-14-30(4-6-32(24)40-16-26)54-22-34-36(51)8-10-48(44-34)28-18-42-46(2)20-28/h3-20H,21-22H2,1-2H3,(H2,38,52). The van der Waals surface area contributed by atoms with Crippen LogP contribution in [-0.4, -0.2) is 55.1 Å². The number of amides is 2. The number of nitrogens with zero attached hydrogens (tertiary/aromatic N) is 11. The van der Waals surface area contributed by atoms with Crippen LogP contribution in [0.5, 0.6) is 11.5 Å². The van der Waals surface area contributed by atoms with Crippen LogP contribution in [0.15, 0.2) is 120 Å². The molecular weight excluding hydrogens is 692 g/mol. The number of pyridine rings is 2. The van der Waals surface area contributed by atoms with Crippen LogP contribution in [0.2, 0.25) is 0 Å². The third-order valence-electron chi connectivity index (χ3n) is 8.44. The third-order valence-corrected chi connectivity index (χ3v) is 8.44. The van der Waals surface area contributed by atoms with Crippen molar-refractivity contribution in [2.45, 2.75) is 13.2 Å². The van der Waals surface area contributed by atoms with Gasteiger partial charge >= 0.3 is 6.03 Å². The van der Waals surface area contributed by atoms with Crippen LogP contribution >= 0.6 is 0 Å². The Hall–Kier alpha value is -7.69. The van der Waals surface area contributed by atoms with Crippen molar-refractivity contribution in [3.63, 3.8) is 0 Å². The van der Waals surface area contributed by atoms with Crippen LogP contribution in [0, 0.1) is 0 Å². The van der Waals surface area contributed by atoms with E-state index in [2.05, 4.69) is 30.4 Å². The molecule has 0 radical (unpaired) electrons. The lowest BCUT2D eigenvalue weighted by Gasteiger charge is -2.21. The van der Waals surface area contributed by atoms with Crippen LogP contribution in [0.25, 0.3) is 33.2 Å². The highest BCUT2D eigenvalue weighted by Crippen LogP contribution is 2.31. The van der Waals surface area contributed by atoms with Crippen molar-refractivity contribution in [1.82, 2.24) is 49.1 Å². The van der Waals surface area contributed by atoms with Gasteiger partial charge in [0.25, 0.3) is 0 Å². The van der Waals surface area contributed by atoms with E-state index in [0.717, 1.165) is 0 Å². The Morgan fingerprint density at radius 3 is 1.54 bits per heavy atom. The minimum absolute atomic E-state index is 0.0776. The highest BCUT2D eigenvalue weighted by atomic mass is 16.5. The zero-order valence-corrected chi connectivity index (χ0v) is 28.8. The Kier molecular flexibility index (Phi) is 8.54. The van der Waals surface area contributed by atoms with Gasteiger partial charge in [-0.05, 0) is 48.5 Å². The largest absolute Gasteiger partial charge is 0.487 e. The van der Waals surface area contributed by atoms with Crippen molar-refractivity contribution >= 4 is 39.2 Å². The summed E-state index contributed by atoms with van der Waals surface area (Å²) in [6.45, 7) is -0.155. The van der Waals surface area contributed by atoms with Crippen LogP contribution < -0.4 is 31.0 Å². The smallest absolute Gasteiger partial charge is 0.323 e. The van der Waals surface area contributed by atoms with E-state index >= 15 is 0 Å². The molecular formula is C37H30N12O5. The van der Waals surface area contributed by atoms with Gasteiger partial charge in [0.1, 0.15) is 47.5 Å². The molecule has 0 bridgehead atoms. The average molecular weight is 723 g/mol. The highest BCUT2D eigenvalue weighted by Gasteiger charge is 2.18. The Balaban J connectivity index is 1.02. The number of benzene rings is 2. The molecule has 0 fully saturated rings. The molecule has 6 heterocycles. The Morgan fingerprint density at radius 1 is 0.667 bits per heavy atom. The van der Waals surface area contributed by atoms with Crippen molar-refractivity contribution in [3.8, 4) is 22.9 Å². The lowest BCUT2D eigenvalue weighted by atomic mass is 10.1. The van der Waals surface area contributed by atoms with Crippen LogP contribution in [0.4, 0.5) is 16.2 Å². The number of nitrogens with two attached hydrogens (primary N) is 1. The van der Waals surface area contributed by atoms with E-state index in [-0.39, 0.29) is 35.5 Å². The second-order valence-corrected chi connectivity index (χ2v) is 12.2. The molecule has 2 aromatic carbocycles. The third kappa shape index (κ3) is 6.83. The molecule has 54 heavy (non-hydrogen) atoms. The van der Waals surface area contributed by atoms with Crippen molar-refractivity contribution in [2.75, 3.05) is 4.90 Å². The minimum atomic E-state index is -0.753. The predicted molar refractivity (Wildman–Crippen MR) is 197 cm³/mol. The van der Waals surface area contributed by atoms with Crippen molar-refractivity contribution in [2.24, 2.45) is 19.8 Å². The molecule has 8 aromatic rings. The normalized spacial score (nSPS) is 11.2. The van der Waals surface area contributed by atoms with Gasteiger partial charge in [0, 0.05) is 49.4 Å². The number of anilines is 2. The monoisotopic (exact) mass is 722 g/mol. The van der Waals surface area contributed by atoms with E-state index in [9.17, 15) is 14.4 Å². The number of hydrogen-bond acceptors (Lipinski definition) is 11. The van der Waals surface area contributed by atoms with Gasteiger partial charge < -0.3 is 15.2 Å². The average Bonchev–Trinajstić information content (AvgIpc) is 3.81. The zero-order valence-electron chi connectivity index (χ0n) is 28.8. The molecule has 2 N–H and O–H groups in total. The molecule has 0 unspecified atom stereocenters. The van der Waals surface area contributed by atoms with Gasteiger partial charge in [-0.3, -0.25) is 33.8 Å². The van der Waals surface area contributed by atoms with E-state index in [1.54, 1.807) is 119 Å². The molecule has 0 atom stereocenters. The maximum atomic E-state index is 12.9. The number of urea groups is 1. The second kappa shape index (κ2) is 13.8. The first-order valence-corrected chi connectivity index (χ1v) is 16.5. The van der Waals surface area contributed by atoms with Gasteiger partial charge in [0.05, 0.1) is 59.6 Å². The summed E-state index contributed by atoms with van der Waals surface area (Å²) in [7, 11) is 3.58. The van der Waals surface area contributed by atoms with E-state index in [0.29, 0.717) is 56.1 Å². The zero-order chi connectivity index (χ0) is 37.3. The number of hydrogen-bond donors (Lipinski definition) is 1. The van der Waals surface area contributed by atoms with Crippen LogP contribution in [-0.2, 0) is 27.3 Å². The van der Waals surface area contributed by atoms with E-state index in [4.69, 9.17) is 15.2 Å². The first-order valence-electron chi connectivity index (χ1n) is 16.5. The van der Waals surface area contributed by atoms with Crippen molar-refractivity contribution in [3.05, 3.63) is 142 Å². The fourth-order valence-corrected chi connectivity index (χ4v) is 5.76. The molecule has 2 amide bonds. The lowest BCUT2D eigenvalue weighted by molar-refractivity contribution is 0.256. The highest BCUT2D eigenvalue weighted by molar-refractivity contribution is 6.01. The Bertz CT molecular complexity index is 2640. The number of rotatable bonds is 10. The molecule has 8 rings (SSSR count). The van der Waals surface area contributed by atoms with E-state index in [1.807, 2.05) is 0 Å². The van der Waals surface area contributed by atoms with Gasteiger partial charge in [0.2, 0.25) is 10.9 Å². The van der Waals surface area contributed by atoms with Crippen molar-refractivity contribution in [1.29, 1.82) is 0 Å². The number of carbonyl (C=O) groups excluding carboxylic acids is 1. The number of carbonyl (C=O) groups is 1. The fraction of sp³-hybridized carbons (Fsp3) is 0.108. The number of fused-ring (bicyclic) bond motifs is 2. The van der Waals surface area contributed by atoms with Gasteiger partial charge in [-0.15, -0.1) is 0 Å². The Labute approximate surface area is 305 Å². The van der Waals surface area contributed by atoms with Gasteiger partial charge in [0.15, 0.2) is 0 Å². The maximum Gasteiger partial charge on any atom is 0.323 e. The van der Waals surface area contributed by atoms with Crippen molar-refractivity contribution < 1.29 is 14.3 Å². The van der Waals surface area contributed by atoms with Crippen LogP contribution in [0.1, 0.15) is 11.4 Å². The molecule has 0 aliphatic carbocycles. The van der Waals surface area contributed by atoms with E-state index in [1.165, 1.54) is 29.4 Å². The molecule has 0 aliphatic heterocycles. The second-order valence-electron chi connectivity index (χ2n) is 12.2. The summed E-state index contributed by atoms with van der Waals surface area (Å²) in [5.74, 6) is 0.929. The number of primary amides is 1. The summed E-state index contributed by atoms with van der Waals surface area (Å²) >= 11 is 0. The SMILES string of the molecule is Cn1cc(-n2ccc(=O)c(COc3ccc4ncc(N(C(N)=O)c5cnc6ccc(OCc7nn(-c8cnn(C)c8)ccc7=O)cc6c5)cc4c3)n2)cn1.